The van der Waals surface area contributed by atoms with E-state index in [1.165, 1.54) is 0 Å². The molecule has 1 aliphatic heterocycles. The number of hydrogen-bond acceptors (Lipinski definition) is 0. The van der Waals surface area contributed by atoms with E-state index in [0.29, 0.717) is 0 Å². The van der Waals surface area contributed by atoms with Crippen molar-refractivity contribution < 1.29 is 0 Å². The van der Waals surface area contributed by atoms with Crippen LogP contribution in [-0.4, -0.2) is 24.2 Å². The molecule has 0 spiro atoms. The van der Waals surface area contributed by atoms with E-state index in [-0.39, 0.29) is 0 Å². The molecular formula is C16H26Si3. The molecule has 102 valence electrons. The molecular weight excluding hydrogens is 276 g/mol. The van der Waals surface area contributed by atoms with Crippen LogP contribution in [0.15, 0.2) is 20.8 Å². The Morgan fingerprint density at radius 3 is 1.16 bits per heavy atom. The van der Waals surface area contributed by atoms with Crippen LogP contribution in [0.4, 0.5) is 0 Å². The largest absolute Gasteiger partial charge is 0.115 e. The molecule has 0 N–H and O–H groups in total. The van der Waals surface area contributed by atoms with E-state index >= 15 is 0 Å². The Labute approximate surface area is 122 Å². The molecule has 0 aliphatic carbocycles. The summed E-state index contributed by atoms with van der Waals surface area (Å²) >= 11 is 0. The smallest absolute Gasteiger partial charge is 0.0975 e. The average Bonchev–Trinajstić information content (AvgIpc) is 2.42. The maximum atomic E-state index is 5.84. The van der Waals surface area contributed by atoms with Crippen molar-refractivity contribution in [2.75, 3.05) is 0 Å². The van der Waals surface area contributed by atoms with Gasteiger partial charge in [-0.05, 0) is 0 Å². The van der Waals surface area contributed by atoms with Gasteiger partial charge in [0.2, 0.25) is 0 Å². The predicted octanol–water partition coefficient (Wildman–Crippen LogP) is 4.40. The SMILES string of the molecule is C#CC1=C([Si](C)(C)C)[Si](C)(C)C([Si](C)(C)C)=C1C#C. The van der Waals surface area contributed by atoms with Crippen molar-refractivity contribution in [3.8, 4) is 24.7 Å². The molecule has 0 bridgehead atoms. The van der Waals surface area contributed by atoms with Crippen molar-refractivity contribution >= 4 is 24.2 Å². The van der Waals surface area contributed by atoms with Gasteiger partial charge in [0.15, 0.2) is 0 Å². The lowest BCUT2D eigenvalue weighted by molar-refractivity contribution is 1.61. The fourth-order valence-electron chi connectivity index (χ4n) is 3.91. The molecule has 0 aromatic carbocycles. The summed E-state index contributed by atoms with van der Waals surface area (Å²) in [7, 11) is -4.52. The van der Waals surface area contributed by atoms with Gasteiger partial charge >= 0.3 is 0 Å². The molecule has 3 heteroatoms. The van der Waals surface area contributed by atoms with E-state index < -0.39 is 24.2 Å². The highest BCUT2D eigenvalue weighted by atomic mass is 28.4. The number of rotatable bonds is 2. The Morgan fingerprint density at radius 2 is 1.00 bits per heavy atom. The quantitative estimate of drug-likeness (QED) is 0.524. The lowest BCUT2D eigenvalue weighted by Crippen LogP contribution is -2.48. The fraction of sp³-hybridized carbons (Fsp3) is 0.500. The summed E-state index contributed by atoms with van der Waals surface area (Å²) in [5, 5.41) is 0. The summed E-state index contributed by atoms with van der Waals surface area (Å²) in [6, 6.07) is 0. The highest BCUT2D eigenvalue weighted by Crippen LogP contribution is 2.46. The molecule has 0 fully saturated rings. The third-order valence-electron chi connectivity index (χ3n) is 3.79. The van der Waals surface area contributed by atoms with E-state index in [4.69, 9.17) is 12.8 Å². The van der Waals surface area contributed by atoms with Crippen LogP contribution in [0.25, 0.3) is 0 Å². The zero-order valence-electron chi connectivity index (χ0n) is 13.7. The minimum Gasteiger partial charge on any atom is -0.115 e. The molecule has 0 radical (unpaired) electrons. The highest BCUT2D eigenvalue weighted by molar-refractivity contribution is 7.17. The van der Waals surface area contributed by atoms with Crippen molar-refractivity contribution in [1.82, 2.24) is 0 Å². The predicted molar refractivity (Wildman–Crippen MR) is 95.9 cm³/mol. The lowest BCUT2D eigenvalue weighted by atomic mass is 10.1. The summed E-state index contributed by atoms with van der Waals surface area (Å²) < 4.78 is 0. The first-order chi connectivity index (χ1) is 8.39. The van der Waals surface area contributed by atoms with Gasteiger partial charge in [0.25, 0.3) is 0 Å². The first-order valence-electron chi connectivity index (χ1n) is 6.83. The summed E-state index contributed by atoms with van der Waals surface area (Å²) in [5.74, 6) is 5.90. The van der Waals surface area contributed by atoms with Crippen LogP contribution < -0.4 is 0 Å². The zero-order valence-corrected chi connectivity index (χ0v) is 16.7. The first kappa shape index (κ1) is 16.3. The fourth-order valence-corrected chi connectivity index (χ4v) is 23.8. The Morgan fingerprint density at radius 1 is 0.737 bits per heavy atom. The van der Waals surface area contributed by atoms with E-state index in [1.54, 1.807) is 9.64 Å². The standard InChI is InChI=1S/C16H26Si3/c1-11-13-14(12-2)16(18(6,7)8)19(9,10)15(13)17(3,4)5/h1-2H,3-10H3. The summed E-state index contributed by atoms with van der Waals surface area (Å²) in [4.78, 5) is 3.21. The molecule has 0 amide bonds. The molecule has 0 aromatic heterocycles. The van der Waals surface area contributed by atoms with Crippen molar-refractivity contribution in [2.45, 2.75) is 52.4 Å². The van der Waals surface area contributed by atoms with Crippen LogP contribution in [0, 0.1) is 24.7 Å². The second-order valence-corrected chi connectivity index (χ2v) is 23.2. The van der Waals surface area contributed by atoms with Gasteiger partial charge in [0.1, 0.15) is 0 Å². The topological polar surface area (TPSA) is 0 Å². The zero-order chi connectivity index (χ0) is 15.2. The molecule has 0 unspecified atom stereocenters. The van der Waals surface area contributed by atoms with Gasteiger partial charge in [-0.1, -0.05) is 73.9 Å². The van der Waals surface area contributed by atoms with Crippen molar-refractivity contribution in [2.24, 2.45) is 0 Å². The molecule has 0 atom stereocenters. The number of allylic oxidation sites excluding steroid dienone is 2. The Balaban J connectivity index is 3.78. The summed E-state index contributed by atoms with van der Waals surface area (Å²) in [6.45, 7) is 19.3. The van der Waals surface area contributed by atoms with Gasteiger partial charge < -0.3 is 0 Å². The summed E-state index contributed by atoms with van der Waals surface area (Å²) in [5.41, 5.74) is 2.19. The monoisotopic (exact) mass is 302 g/mol. The van der Waals surface area contributed by atoms with Crippen LogP contribution in [0.3, 0.4) is 0 Å². The van der Waals surface area contributed by atoms with E-state index in [2.05, 4.69) is 64.2 Å². The molecule has 0 saturated heterocycles. The maximum Gasteiger partial charge on any atom is 0.0975 e. The van der Waals surface area contributed by atoms with Crippen molar-refractivity contribution in [1.29, 1.82) is 0 Å². The van der Waals surface area contributed by atoms with Crippen LogP contribution in [0.1, 0.15) is 0 Å². The molecule has 19 heavy (non-hydrogen) atoms. The van der Waals surface area contributed by atoms with Crippen molar-refractivity contribution in [3.63, 3.8) is 0 Å². The van der Waals surface area contributed by atoms with Gasteiger partial charge in [0.05, 0.1) is 24.2 Å². The van der Waals surface area contributed by atoms with Crippen LogP contribution in [0.5, 0.6) is 0 Å². The molecule has 1 aliphatic rings. The van der Waals surface area contributed by atoms with Crippen LogP contribution >= 0.6 is 0 Å². The second-order valence-electron chi connectivity index (χ2n) is 7.91. The Kier molecular flexibility index (Phi) is 4.00. The van der Waals surface area contributed by atoms with Gasteiger partial charge in [0, 0.05) is 11.1 Å². The van der Waals surface area contributed by atoms with Crippen LogP contribution in [-0.2, 0) is 0 Å². The molecule has 0 saturated carbocycles. The molecule has 0 nitrogen and oxygen atoms in total. The van der Waals surface area contributed by atoms with E-state index in [9.17, 15) is 0 Å². The number of hydrogen-bond donors (Lipinski definition) is 0. The van der Waals surface area contributed by atoms with Gasteiger partial charge in [-0.15, -0.1) is 12.8 Å². The van der Waals surface area contributed by atoms with Gasteiger partial charge in [-0.2, -0.15) is 0 Å². The van der Waals surface area contributed by atoms with Crippen LogP contribution in [0.2, 0.25) is 52.4 Å². The van der Waals surface area contributed by atoms with E-state index in [0.717, 1.165) is 11.1 Å². The normalized spacial score (nSPS) is 19.5. The minimum absolute atomic E-state index is 1.09. The Bertz CT molecular complexity index is 497. The molecule has 1 rings (SSSR count). The van der Waals surface area contributed by atoms with Gasteiger partial charge in [-0.25, -0.2) is 0 Å². The average molecular weight is 303 g/mol. The second kappa shape index (κ2) is 4.66. The van der Waals surface area contributed by atoms with Crippen molar-refractivity contribution in [3.05, 3.63) is 20.8 Å². The lowest BCUT2D eigenvalue weighted by Gasteiger charge is -2.37. The summed E-state index contributed by atoms with van der Waals surface area (Å²) in [6.07, 6.45) is 11.7. The first-order valence-corrected chi connectivity index (χ1v) is 16.8. The highest BCUT2D eigenvalue weighted by Gasteiger charge is 2.49. The van der Waals surface area contributed by atoms with E-state index in [1.807, 2.05) is 0 Å². The maximum absolute atomic E-state index is 5.84. The number of terminal acetylenes is 2. The third kappa shape index (κ3) is 2.60. The van der Waals surface area contributed by atoms with Gasteiger partial charge in [-0.3, -0.25) is 0 Å². The third-order valence-corrected chi connectivity index (χ3v) is 18.5. The minimum atomic E-state index is -1.64. The molecule has 0 aromatic rings. The molecule has 1 heterocycles. The Hall–Kier alpha value is -0.749.